The number of piperidine rings is 1. The van der Waals surface area contributed by atoms with Gasteiger partial charge in [-0.3, -0.25) is 9.69 Å². The van der Waals surface area contributed by atoms with E-state index < -0.39 is 0 Å². The Hall–Kier alpha value is -0.410. The lowest BCUT2D eigenvalue weighted by Gasteiger charge is -2.43. The summed E-state index contributed by atoms with van der Waals surface area (Å²) in [5.74, 6) is 0.446. The van der Waals surface area contributed by atoms with E-state index in [9.17, 15) is 9.90 Å². The minimum atomic E-state index is -0.0898. The maximum atomic E-state index is 11.5. The molecule has 2 heterocycles. The summed E-state index contributed by atoms with van der Waals surface area (Å²) in [5.41, 5.74) is 0. The van der Waals surface area contributed by atoms with Gasteiger partial charge in [0.05, 0.1) is 6.10 Å². The third kappa shape index (κ3) is 1.80. The van der Waals surface area contributed by atoms with Crippen LogP contribution in [0.25, 0.3) is 0 Å². The predicted octanol–water partition coefficient (Wildman–Crippen LogP) is 1.49. The van der Waals surface area contributed by atoms with Gasteiger partial charge >= 0.3 is 0 Å². The van der Waals surface area contributed by atoms with Gasteiger partial charge in [-0.25, -0.2) is 0 Å². The van der Waals surface area contributed by atoms with Crippen molar-refractivity contribution in [1.82, 2.24) is 4.90 Å². The van der Waals surface area contributed by atoms with Gasteiger partial charge in [-0.2, -0.15) is 0 Å². The molecule has 3 aliphatic rings. The molecule has 0 aromatic rings. The molecule has 2 bridgehead atoms. The zero-order valence-electron chi connectivity index (χ0n) is 9.77. The van der Waals surface area contributed by atoms with Crippen LogP contribution in [-0.4, -0.2) is 40.0 Å². The van der Waals surface area contributed by atoms with E-state index in [1.807, 2.05) is 0 Å². The van der Waals surface area contributed by atoms with Crippen LogP contribution >= 0.6 is 0 Å². The van der Waals surface area contributed by atoms with Crippen LogP contribution in [0.4, 0.5) is 0 Å². The summed E-state index contributed by atoms with van der Waals surface area (Å²) in [7, 11) is 0. The Kier molecular flexibility index (Phi) is 2.76. The highest BCUT2D eigenvalue weighted by Gasteiger charge is 2.44. The van der Waals surface area contributed by atoms with Crippen molar-refractivity contribution >= 4 is 5.78 Å². The number of Topliss-reactive ketones (excluding diaryl/α,β-unsaturated/α-hetero) is 1. The first-order valence-electron chi connectivity index (χ1n) is 6.71. The zero-order valence-corrected chi connectivity index (χ0v) is 9.77. The summed E-state index contributed by atoms with van der Waals surface area (Å²) in [6.45, 7) is 0. The number of aliphatic hydroxyl groups excluding tert-OH is 1. The van der Waals surface area contributed by atoms with Gasteiger partial charge in [0, 0.05) is 31.0 Å². The SMILES string of the molecule is O=C1CCCC(N2C3CCC2CC(O)C3)C1. The summed E-state index contributed by atoms with van der Waals surface area (Å²) >= 11 is 0. The predicted molar refractivity (Wildman–Crippen MR) is 61.2 cm³/mol. The number of hydrogen-bond acceptors (Lipinski definition) is 3. The maximum absolute atomic E-state index is 11.5. The second kappa shape index (κ2) is 4.11. The first kappa shape index (κ1) is 10.7. The third-order valence-corrected chi connectivity index (χ3v) is 4.64. The molecule has 1 saturated carbocycles. The highest BCUT2D eigenvalue weighted by atomic mass is 16.3. The summed E-state index contributed by atoms with van der Waals surface area (Å²) in [4.78, 5) is 14.1. The highest BCUT2D eigenvalue weighted by Crippen LogP contribution is 2.39. The average Bonchev–Trinajstić information content (AvgIpc) is 2.51. The van der Waals surface area contributed by atoms with E-state index in [1.54, 1.807) is 0 Å². The second-order valence-electron chi connectivity index (χ2n) is 5.75. The summed E-state index contributed by atoms with van der Waals surface area (Å²) < 4.78 is 0. The zero-order chi connectivity index (χ0) is 11.1. The van der Waals surface area contributed by atoms with Crippen LogP contribution < -0.4 is 0 Å². The molecule has 2 aliphatic heterocycles. The van der Waals surface area contributed by atoms with Crippen molar-refractivity contribution in [3.8, 4) is 0 Å². The van der Waals surface area contributed by atoms with E-state index in [2.05, 4.69) is 4.90 Å². The van der Waals surface area contributed by atoms with Gasteiger partial charge in [-0.15, -0.1) is 0 Å². The second-order valence-corrected chi connectivity index (χ2v) is 5.75. The molecule has 3 nitrogen and oxygen atoms in total. The number of rotatable bonds is 1. The normalized spacial score (nSPS) is 44.9. The van der Waals surface area contributed by atoms with Gasteiger partial charge in [0.15, 0.2) is 0 Å². The van der Waals surface area contributed by atoms with Crippen molar-refractivity contribution < 1.29 is 9.90 Å². The van der Waals surface area contributed by atoms with Gasteiger partial charge < -0.3 is 5.11 Å². The molecule has 3 fully saturated rings. The Morgan fingerprint density at radius 2 is 1.75 bits per heavy atom. The first-order valence-corrected chi connectivity index (χ1v) is 6.71. The fourth-order valence-electron chi connectivity index (χ4n) is 4.04. The number of fused-ring (bicyclic) bond motifs is 2. The molecule has 3 atom stereocenters. The summed E-state index contributed by atoms with van der Waals surface area (Å²) in [6, 6.07) is 1.61. The molecule has 0 radical (unpaired) electrons. The molecule has 2 saturated heterocycles. The van der Waals surface area contributed by atoms with Gasteiger partial charge in [-0.05, 0) is 38.5 Å². The highest BCUT2D eigenvalue weighted by molar-refractivity contribution is 5.79. The van der Waals surface area contributed by atoms with Gasteiger partial charge in [0.1, 0.15) is 5.78 Å². The Balaban J connectivity index is 1.72. The Labute approximate surface area is 96.8 Å². The molecule has 3 rings (SSSR count). The molecule has 90 valence electrons. The Morgan fingerprint density at radius 1 is 1.06 bits per heavy atom. The number of carbonyl (C=O) groups is 1. The molecule has 0 spiro atoms. The number of nitrogens with zero attached hydrogens (tertiary/aromatic N) is 1. The van der Waals surface area contributed by atoms with Gasteiger partial charge in [0.2, 0.25) is 0 Å². The number of carbonyl (C=O) groups excluding carboxylic acids is 1. The lowest BCUT2D eigenvalue weighted by Crippen LogP contribution is -2.51. The van der Waals surface area contributed by atoms with E-state index in [1.165, 1.54) is 19.3 Å². The summed E-state index contributed by atoms with van der Waals surface area (Å²) in [6.07, 6.45) is 8.05. The topological polar surface area (TPSA) is 40.5 Å². The van der Waals surface area contributed by atoms with Crippen LogP contribution in [0.3, 0.4) is 0 Å². The van der Waals surface area contributed by atoms with Crippen molar-refractivity contribution in [2.45, 2.75) is 75.6 Å². The maximum Gasteiger partial charge on any atom is 0.134 e. The quantitative estimate of drug-likeness (QED) is 0.732. The average molecular weight is 223 g/mol. The fourth-order valence-corrected chi connectivity index (χ4v) is 4.04. The third-order valence-electron chi connectivity index (χ3n) is 4.64. The molecule has 1 N–H and O–H groups in total. The molecule has 1 aliphatic carbocycles. The van der Waals surface area contributed by atoms with Gasteiger partial charge in [-0.1, -0.05) is 0 Å². The smallest absolute Gasteiger partial charge is 0.134 e. The molecule has 3 heteroatoms. The van der Waals surface area contributed by atoms with Crippen LogP contribution in [-0.2, 0) is 4.79 Å². The first-order chi connectivity index (χ1) is 7.74. The number of ketones is 1. The number of aliphatic hydroxyl groups is 1. The van der Waals surface area contributed by atoms with E-state index in [-0.39, 0.29) is 6.10 Å². The van der Waals surface area contributed by atoms with Crippen molar-refractivity contribution in [2.24, 2.45) is 0 Å². The molecule has 0 aromatic carbocycles. The monoisotopic (exact) mass is 223 g/mol. The molecule has 3 unspecified atom stereocenters. The van der Waals surface area contributed by atoms with Crippen molar-refractivity contribution in [2.75, 3.05) is 0 Å². The molecular weight excluding hydrogens is 202 g/mol. The summed E-state index contributed by atoms with van der Waals surface area (Å²) in [5, 5.41) is 9.76. The fraction of sp³-hybridized carbons (Fsp3) is 0.923. The van der Waals surface area contributed by atoms with Crippen molar-refractivity contribution in [3.05, 3.63) is 0 Å². The number of hydrogen-bond donors (Lipinski definition) is 1. The van der Waals surface area contributed by atoms with Crippen molar-refractivity contribution in [3.63, 3.8) is 0 Å². The minimum absolute atomic E-state index is 0.0898. The van der Waals surface area contributed by atoms with Crippen molar-refractivity contribution in [1.29, 1.82) is 0 Å². The molecule has 16 heavy (non-hydrogen) atoms. The van der Waals surface area contributed by atoms with E-state index in [0.717, 1.165) is 32.1 Å². The Morgan fingerprint density at radius 3 is 2.38 bits per heavy atom. The van der Waals surface area contributed by atoms with Crippen LogP contribution in [0, 0.1) is 0 Å². The standard InChI is InChI=1S/C13H21NO2/c15-12-3-1-2-9(6-12)14-10-4-5-11(14)8-13(16)7-10/h9-11,13,16H,1-8H2. The lowest BCUT2D eigenvalue weighted by molar-refractivity contribution is -0.123. The lowest BCUT2D eigenvalue weighted by atomic mass is 9.89. The van der Waals surface area contributed by atoms with E-state index in [4.69, 9.17) is 0 Å². The Bertz CT molecular complexity index is 278. The molecule has 0 amide bonds. The minimum Gasteiger partial charge on any atom is -0.393 e. The van der Waals surface area contributed by atoms with Gasteiger partial charge in [0.25, 0.3) is 0 Å². The molecular formula is C13H21NO2. The van der Waals surface area contributed by atoms with Crippen LogP contribution in [0.1, 0.15) is 51.4 Å². The van der Waals surface area contributed by atoms with Crippen LogP contribution in [0.5, 0.6) is 0 Å². The van der Waals surface area contributed by atoms with Crippen LogP contribution in [0.15, 0.2) is 0 Å². The van der Waals surface area contributed by atoms with E-state index in [0.29, 0.717) is 23.9 Å². The molecule has 0 aromatic heterocycles. The van der Waals surface area contributed by atoms with E-state index >= 15 is 0 Å². The largest absolute Gasteiger partial charge is 0.393 e. The van der Waals surface area contributed by atoms with Crippen LogP contribution in [0.2, 0.25) is 0 Å².